The van der Waals surface area contributed by atoms with Crippen molar-refractivity contribution >= 4 is 17.5 Å². The summed E-state index contributed by atoms with van der Waals surface area (Å²) in [4.78, 5) is 15.3. The zero-order valence-electron chi connectivity index (χ0n) is 17.1. The fourth-order valence-corrected chi connectivity index (χ4v) is 3.82. The summed E-state index contributed by atoms with van der Waals surface area (Å²) in [5.41, 5.74) is 0.458. The second-order valence-corrected chi connectivity index (χ2v) is 8.05. The number of carbonyl (C=O) groups is 1. The lowest BCUT2D eigenvalue weighted by atomic mass is 10.0. The molecule has 0 radical (unpaired) electrons. The number of halogens is 1. The van der Waals surface area contributed by atoms with E-state index in [-0.39, 0.29) is 18.2 Å². The molecule has 8 heteroatoms. The molecule has 0 spiro atoms. The third kappa shape index (κ3) is 6.30. The lowest BCUT2D eigenvalue weighted by Gasteiger charge is -2.38. The van der Waals surface area contributed by atoms with Crippen LogP contribution >= 0.6 is 11.6 Å². The van der Waals surface area contributed by atoms with Gasteiger partial charge in [-0.2, -0.15) is 0 Å². The van der Waals surface area contributed by atoms with E-state index in [1.807, 2.05) is 0 Å². The van der Waals surface area contributed by atoms with Gasteiger partial charge in [0.2, 0.25) is 0 Å². The van der Waals surface area contributed by atoms with Crippen molar-refractivity contribution in [2.75, 3.05) is 39.5 Å². The maximum absolute atomic E-state index is 13.0. The SMILES string of the molecule is CCCCOc1cc(Cl)ccc1C(=O)N(N)C1CCN(CC2OCCCO2)CC1. The van der Waals surface area contributed by atoms with Gasteiger partial charge in [0.1, 0.15) is 5.75 Å². The maximum atomic E-state index is 13.0. The molecule has 7 nitrogen and oxygen atoms in total. The number of likely N-dealkylation sites (tertiary alicyclic amines) is 1. The predicted octanol–water partition coefficient (Wildman–Crippen LogP) is 3.06. The zero-order chi connectivity index (χ0) is 20.6. The average Bonchev–Trinajstić information content (AvgIpc) is 2.74. The Hall–Kier alpha value is -1.38. The second-order valence-electron chi connectivity index (χ2n) is 7.61. The van der Waals surface area contributed by atoms with E-state index < -0.39 is 0 Å². The molecule has 162 valence electrons. The normalized spacial score (nSPS) is 19.3. The number of benzene rings is 1. The number of piperidine rings is 1. The minimum absolute atomic E-state index is 0.00823. The summed E-state index contributed by atoms with van der Waals surface area (Å²) in [6, 6.07) is 5.07. The van der Waals surface area contributed by atoms with Crippen LogP contribution in [-0.2, 0) is 9.47 Å². The number of nitrogens with two attached hydrogens (primary N) is 1. The summed E-state index contributed by atoms with van der Waals surface area (Å²) in [6.45, 7) is 6.63. The first-order valence-electron chi connectivity index (χ1n) is 10.5. The Labute approximate surface area is 178 Å². The first-order valence-corrected chi connectivity index (χ1v) is 10.9. The van der Waals surface area contributed by atoms with E-state index in [2.05, 4.69) is 11.8 Å². The van der Waals surface area contributed by atoms with Gasteiger partial charge >= 0.3 is 0 Å². The fourth-order valence-electron chi connectivity index (χ4n) is 3.66. The minimum atomic E-state index is -0.231. The molecule has 0 saturated carbocycles. The van der Waals surface area contributed by atoms with Gasteiger partial charge in [-0.05, 0) is 43.9 Å². The van der Waals surface area contributed by atoms with E-state index in [1.165, 1.54) is 5.01 Å². The smallest absolute Gasteiger partial charge is 0.271 e. The number of ether oxygens (including phenoxy) is 3. The molecule has 2 N–H and O–H groups in total. The molecule has 0 aliphatic carbocycles. The second kappa shape index (κ2) is 11.1. The Morgan fingerprint density at radius 2 is 2.03 bits per heavy atom. The van der Waals surface area contributed by atoms with Gasteiger partial charge < -0.3 is 14.2 Å². The Bertz CT molecular complexity index is 661. The van der Waals surface area contributed by atoms with E-state index >= 15 is 0 Å². The molecule has 0 unspecified atom stereocenters. The van der Waals surface area contributed by atoms with Gasteiger partial charge in [-0.15, -0.1) is 0 Å². The number of nitrogens with zero attached hydrogens (tertiary/aromatic N) is 2. The van der Waals surface area contributed by atoms with Gasteiger partial charge in [-0.1, -0.05) is 24.9 Å². The highest BCUT2D eigenvalue weighted by Crippen LogP contribution is 2.26. The van der Waals surface area contributed by atoms with Crippen LogP contribution in [0.4, 0.5) is 0 Å². The highest BCUT2D eigenvalue weighted by molar-refractivity contribution is 6.30. The summed E-state index contributed by atoms with van der Waals surface area (Å²) < 4.78 is 17.1. The van der Waals surface area contributed by atoms with E-state index in [1.54, 1.807) is 18.2 Å². The molecule has 2 saturated heterocycles. The van der Waals surface area contributed by atoms with Crippen molar-refractivity contribution in [2.24, 2.45) is 5.84 Å². The van der Waals surface area contributed by atoms with Crippen LogP contribution < -0.4 is 10.6 Å². The van der Waals surface area contributed by atoms with Crippen LogP contribution in [0.25, 0.3) is 0 Å². The number of rotatable bonds is 8. The summed E-state index contributed by atoms with van der Waals surface area (Å²) in [6.07, 6.45) is 4.37. The van der Waals surface area contributed by atoms with Crippen LogP contribution in [0.3, 0.4) is 0 Å². The number of unbranched alkanes of at least 4 members (excludes halogenated alkanes) is 1. The topological polar surface area (TPSA) is 77.3 Å². The average molecular weight is 426 g/mol. The van der Waals surface area contributed by atoms with Crippen molar-refractivity contribution in [1.82, 2.24) is 9.91 Å². The predicted molar refractivity (Wildman–Crippen MR) is 112 cm³/mol. The molecule has 0 bridgehead atoms. The molecule has 2 heterocycles. The number of hydrazine groups is 1. The molecule has 0 aromatic heterocycles. The standard InChI is InChI=1S/C21H32ClN3O4/c1-2-3-11-27-19-14-16(22)5-6-18(19)21(26)25(23)17-7-9-24(10-8-17)15-20-28-12-4-13-29-20/h5-6,14,17,20H,2-4,7-13,15,23H2,1H3. The van der Waals surface area contributed by atoms with Crippen molar-refractivity contribution in [3.63, 3.8) is 0 Å². The summed E-state index contributed by atoms with van der Waals surface area (Å²) in [5.74, 6) is 6.51. The number of hydrogen-bond donors (Lipinski definition) is 1. The third-order valence-corrected chi connectivity index (χ3v) is 5.65. The Kier molecular flexibility index (Phi) is 8.56. The van der Waals surface area contributed by atoms with Crippen molar-refractivity contribution in [3.05, 3.63) is 28.8 Å². The molecule has 1 amide bonds. The molecule has 1 aromatic rings. The Balaban J connectivity index is 1.55. The lowest BCUT2D eigenvalue weighted by Crippen LogP contribution is -2.52. The molecule has 29 heavy (non-hydrogen) atoms. The van der Waals surface area contributed by atoms with Gasteiger partial charge in [0.05, 0.1) is 31.4 Å². The molecular formula is C21H32ClN3O4. The largest absolute Gasteiger partial charge is 0.493 e. The quantitative estimate of drug-likeness (QED) is 0.298. The van der Waals surface area contributed by atoms with Gasteiger partial charge in [0.25, 0.3) is 5.91 Å². The van der Waals surface area contributed by atoms with E-state index in [9.17, 15) is 4.79 Å². The molecule has 2 aliphatic rings. The molecule has 2 fully saturated rings. The number of amides is 1. The Morgan fingerprint density at radius 1 is 1.31 bits per heavy atom. The van der Waals surface area contributed by atoms with E-state index in [0.717, 1.165) is 65.0 Å². The van der Waals surface area contributed by atoms with E-state index in [0.29, 0.717) is 22.9 Å². The van der Waals surface area contributed by atoms with Crippen LogP contribution in [-0.4, -0.2) is 67.6 Å². The van der Waals surface area contributed by atoms with Crippen LogP contribution in [0.1, 0.15) is 49.4 Å². The third-order valence-electron chi connectivity index (χ3n) is 5.42. The number of carbonyl (C=O) groups excluding carboxylic acids is 1. The first-order chi connectivity index (χ1) is 14.1. The van der Waals surface area contributed by atoms with Gasteiger partial charge in [-0.3, -0.25) is 14.7 Å². The van der Waals surface area contributed by atoms with Gasteiger partial charge in [0, 0.05) is 24.7 Å². The van der Waals surface area contributed by atoms with Crippen molar-refractivity contribution in [1.29, 1.82) is 0 Å². The molecule has 2 aliphatic heterocycles. The van der Waals surface area contributed by atoms with Crippen LogP contribution in [0.2, 0.25) is 5.02 Å². The van der Waals surface area contributed by atoms with Crippen molar-refractivity contribution in [3.8, 4) is 5.75 Å². The first kappa shape index (κ1) is 22.3. The van der Waals surface area contributed by atoms with Crippen molar-refractivity contribution < 1.29 is 19.0 Å². The van der Waals surface area contributed by atoms with Crippen LogP contribution in [0.5, 0.6) is 5.75 Å². The van der Waals surface area contributed by atoms with Gasteiger partial charge in [-0.25, -0.2) is 5.84 Å². The van der Waals surface area contributed by atoms with Gasteiger partial charge in [0.15, 0.2) is 6.29 Å². The molecule has 3 rings (SSSR count). The van der Waals surface area contributed by atoms with Crippen molar-refractivity contribution in [2.45, 2.75) is 51.4 Å². The monoisotopic (exact) mass is 425 g/mol. The highest BCUT2D eigenvalue weighted by atomic mass is 35.5. The fraction of sp³-hybridized carbons (Fsp3) is 0.667. The highest BCUT2D eigenvalue weighted by Gasteiger charge is 2.29. The Morgan fingerprint density at radius 3 is 2.72 bits per heavy atom. The van der Waals surface area contributed by atoms with E-state index in [4.69, 9.17) is 31.7 Å². The lowest BCUT2D eigenvalue weighted by molar-refractivity contribution is -0.187. The molecule has 0 atom stereocenters. The maximum Gasteiger partial charge on any atom is 0.271 e. The minimum Gasteiger partial charge on any atom is -0.493 e. The van der Waals surface area contributed by atoms with Crippen LogP contribution in [0.15, 0.2) is 18.2 Å². The molecule has 1 aromatic carbocycles. The summed E-state index contributed by atoms with van der Waals surface area (Å²) >= 11 is 6.10. The zero-order valence-corrected chi connectivity index (χ0v) is 17.9. The summed E-state index contributed by atoms with van der Waals surface area (Å²) in [7, 11) is 0. The molecular weight excluding hydrogens is 394 g/mol. The van der Waals surface area contributed by atoms with Crippen LogP contribution in [0, 0.1) is 0 Å². The summed E-state index contributed by atoms with van der Waals surface area (Å²) in [5, 5.41) is 1.90. The number of hydrogen-bond acceptors (Lipinski definition) is 6.